The fraction of sp³-hybridized carbons (Fsp3) is 0.318. The van der Waals surface area contributed by atoms with Crippen LogP contribution in [-0.4, -0.2) is 53.5 Å². The van der Waals surface area contributed by atoms with Gasteiger partial charge in [0, 0.05) is 38.3 Å². The van der Waals surface area contributed by atoms with Gasteiger partial charge in [-0.1, -0.05) is 11.6 Å². The summed E-state index contributed by atoms with van der Waals surface area (Å²) in [5.41, 5.74) is 1.44. The van der Waals surface area contributed by atoms with E-state index in [1.807, 2.05) is 12.1 Å². The van der Waals surface area contributed by atoms with E-state index in [4.69, 9.17) is 16.0 Å². The van der Waals surface area contributed by atoms with Crippen molar-refractivity contribution in [2.75, 3.05) is 25.5 Å². The molecule has 3 heterocycles. The van der Waals surface area contributed by atoms with Gasteiger partial charge >= 0.3 is 0 Å². The maximum Gasteiger partial charge on any atom is 0.262 e. The van der Waals surface area contributed by atoms with Gasteiger partial charge in [0.05, 0.1) is 9.21 Å². The van der Waals surface area contributed by atoms with Gasteiger partial charge in [-0.05, 0) is 49.2 Å². The van der Waals surface area contributed by atoms with Crippen molar-refractivity contribution in [3.05, 3.63) is 51.5 Å². The van der Waals surface area contributed by atoms with Gasteiger partial charge in [-0.15, -0.1) is 21.5 Å². The highest BCUT2D eigenvalue weighted by Gasteiger charge is 2.31. The summed E-state index contributed by atoms with van der Waals surface area (Å²) in [6.45, 7) is 0.701. The first kappa shape index (κ1) is 22.9. The number of aromatic nitrogens is 2. The Kier molecular flexibility index (Phi) is 6.75. The maximum atomic E-state index is 12.7. The van der Waals surface area contributed by atoms with E-state index in [-0.39, 0.29) is 17.7 Å². The predicted molar refractivity (Wildman–Crippen MR) is 124 cm³/mol. The van der Waals surface area contributed by atoms with Gasteiger partial charge < -0.3 is 19.5 Å². The molecule has 0 saturated carbocycles. The molecule has 11 heteroatoms. The van der Waals surface area contributed by atoms with E-state index in [9.17, 15) is 14.4 Å². The number of hydrogen-bond acceptors (Lipinski definition) is 7. The summed E-state index contributed by atoms with van der Waals surface area (Å²) < 4.78 is 6.23. The number of carbonyl (C=O) groups is 3. The van der Waals surface area contributed by atoms with Crippen LogP contribution in [0.5, 0.6) is 0 Å². The average molecular weight is 488 g/mol. The zero-order valence-electron chi connectivity index (χ0n) is 18.1. The third-order valence-electron chi connectivity index (χ3n) is 5.20. The fourth-order valence-corrected chi connectivity index (χ4v) is 4.40. The lowest BCUT2D eigenvalue weighted by molar-refractivity contribution is -0.131. The largest absolute Gasteiger partial charge is 0.418 e. The molecule has 2 aromatic heterocycles. The molecule has 0 bridgehead atoms. The third kappa shape index (κ3) is 5.07. The van der Waals surface area contributed by atoms with Crippen molar-refractivity contribution in [2.24, 2.45) is 0 Å². The quantitative estimate of drug-likeness (QED) is 0.569. The van der Waals surface area contributed by atoms with Crippen molar-refractivity contribution >= 4 is 46.3 Å². The average Bonchev–Trinajstić information content (AvgIpc) is 3.47. The molecule has 1 atom stereocenters. The SMILES string of the molecule is CN(C)C(=O)C(NC(=O)c1ccc(Cl)s1)c1nnc(-c2ccc(N3CCCCC3=O)cc2)o1. The van der Waals surface area contributed by atoms with Crippen LogP contribution in [0.1, 0.15) is 40.9 Å². The molecular formula is C22H22ClN5O4S. The number of anilines is 1. The molecule has 0 aliphatic carbocycles. The lowest BCUT2D eigenvalue weighted by atomic mass is 10.1. The van der Waals surface area contributed by atoms with Gasteiger partial charge in [-0.2, -0.15) is 0 Å². The van der Waals surface area contributed by atoms with Gasteiger partial charge in [-0.25, -0.2) is 0 Å². The first-order chi connectivity index (χ1) is 15.8. The molecule has 3 aromatic rings. The molecule has 0 spiro atoms. The maximum absolute atomic E-state index is 12.7. The summed E-state index contributed by atoms with van der Waals surface area (Å²) in [7, 11) is 3.14. The van der Waals surface area contributed by atoms with Crippen LogP contribution in [0.15, 0.2) is 40.8 Å². The summed E-state index contributed by atoms with van der Waals surface area (Å²) in [5, 5.41) is 10.7. The number of piperidine rings is 1. The monoisotopic (exact) mass is 487 g/mol. The highest BCUT2D eigenvalue weighted by Crippen LogP contribution is 2.27. The molecule has 33 heavy (non-hydrogen) atoms. The van der Waals surface area contributed by atoms with E-state index in [1.165, 1.54) is 4.90 Å². The second-order valence-corrected chi connectivity index (χ2v) is 9.45. The Hall–Kier alpha value is -3.24. The summed E-state index contributed by atoms with van der Waals surface area (Å²) >= 11 is 7.01. The molecule has 1 aliphatic heterocycles. The molecule has 1 fully saturated rings. The number of halogens is 1. The molecular weight excluding hydrogens is 466 g/mol. The van der Waals surface area contributed by atoms with Crippen LogP contribution < -0.4 is 10.2 Å². The topological polar surface area (TPSA) is 109 Å². The van der Waals surface area contributed by atoms with Crippen LogP contribution in [0.2, 0.25) is 4.34 Å². The summed E-state index contributed by atoms with van der Waals surface area (Å²) in [6.07, 6.45) is 2.45. The molecule has 1 saturated heterocycles. The highest BCUT2D eigenvalue weighted by molar-refractivity contribution is 7.18. The van der Waals surface area contributed by atoms with Crippen molar-refractivity contribution in [2.45, 2.75) is 25.3 Å². The van der Waals surface area contributed by atoms with E-state index >= 15 is 0 Å². The normalized spacial score (nSPS) is 14.8. The van der Waals surface area contributed by atoms with Crippen molar-refractivity contribution in [3.63, 3.8) is 0 Å². The molecule has 1 N–H and O–H groups in total. The molecule has 9 nitrogen and oxygen atoms in total. The van der Waals surface area contributed by atoms with E-state index in [2.05, 4.69) is 15.5 Å². The Morgan fingerprint density at radius 1 is 1.15 bits per heavy atom. The Morgan fingerprint density at radius 2 is 1.91 bits per heavy atom. The second kappa shape index (κ2) is 9.72. The standard InChI is InChI=1S/C22H22ClN5O4S/c1-27(2)22(31)18(24-19(30)15-10-11-16(23)33-15)21-26-25-20(32-21)13-6-8-14(9-7-13)28-12-4-3-5-17(28)29/h6-11,18H,3-5,12H2,1-2H3,(H,24,30). The molecule has 4 rings (SSSR count). The first-order valence-electron chi connectivity index (χ1n) is 10.3. The minimum atomic E-state index is -1.15. The highest BCUT2D eigenvalue weighted by atomic mass is 35.5. The van der Waals surface area contributed by atoms with Crippen LogP contribution in [0.4, 0.5) is 5.69 Å². The Morgan fingerprint density at radius 3 is 2.55 bits per heavy atom. The van der Waals surface area contributed by atoms with Gasteiger partial charge in [0.1, 0.15) is 0 Å². The smallest absolute Gasteiger partial charge is 0.262 e. The van der Waals surface area contributed by atoms with Gasteiger partial charge in [0.25, 0.3) is 11.8 Å². The van der Waals surface area contributed by atoms with Crippen molar-refractivity contribution in [1.29, 1.82) is 0 Å². The molecule has 172 valence electrons. The molecule has 3 amide bonds. The number of nitrogens with one attached hydrogen (secondary N) is 1. The zero-order chi connectivity index (χ0) is 23.5. The van der Waals surface area contributed by atoms with E-state index in [0.717, 1.165) is 29.9 Å². The van der Waals surface area contributed by atoms with Crippen LogP contribution in [0.25, 0.3) is 11.5 Å². The number of rotatable bonds is 6. The number of thiophene rings is 1. The number of nitrogens with zero attached hydrogens (tertiary/aromatic N) is 4. The third-order valence-corrected chi connectivity index (χ3v) is 6.43. The molecule has 1 aliphatic rings. The number of hydrogen-bond donors (Lipinski definition) is 1. The summed E-state index contributed by atoms with van der Waals surface area (Å²) in [4.78, 5) is 41.0. The number of carbonyl (C=O) groups excluding carboxylic acids is 3. The lowest BCUT2D eigenvalue weighted by Crippen LogP contribution is -2.39. The van der Waals surface area contributed by atoms with Crippen molar-refractivity contribution in [1.82, 2.24) is 20.4 Å². The zero-order valence-corrected chi connectivity index (χ0v) is 19.7. The lowest BCUT2D eigenvalue weighted by Gasteiger charge is -2.26. The molecule has 1 aromatic carbocycles. The van der Waals surface area contributed by atoms with Crippen molar-refractivity contribution in [3.8, 4) is 11.5 Å². The minimum absolute atomic E-state index is 0.0324. The summed E-state index contributed by atoms with van der Waals surface area (Å²) in [6, 6.07) is 9.25. The van der Waals surface area contributed by atoms with Crippen LogP contribution in [0, 0.1) is 0 Å². The van der Waals surface area contributed by atoms with Crippen LogP contribution >= 0.6 is 22.9 Å². The predicted octanol–water partition coefficient (Wildman–Crippen LogP) is 3.53. The molecule has 0 radical (unpaired) electrons. The van der Waals surface area contributed by atoms with Crippen molar-refractivity contribution < 1.29 is 18.8 Å². The second-order valence-electron chi connectivity index (χ2n) is 7.74. The van der Waals surface area contributed by atoms with Gasteiger partial charge in [0.2, 0.25) is 17.7 Å². The van der Waals surface area contributed by atoms with E-state index in [0.29, 0.717) is 27.7 Å². The minimum Gasteiger partial charge on any atom is -0.418 e. The van der Waals surface area contributed by atoms with Crippen LogP contribution in [0.3, 0.4) is 0 Å². The Balaban J connectivity index is 1.55. The number of amides is 3. The Bertz CT molecular complexity index is 1170. The van der Waals surface area contributed by atoms with E-state index in [1.54, 1.807) is 43.3 Å². The summed E-state index contributed by atoms with van der Waals surface area (Å²) in [5.74, 6) is -0.606. The van der Waals surface area contributed by atoms with Crippen LogP contribution in [-0.2, 0) is 9.59 Å². The number of likely N-dealkylation sites (N-methyl/N-ethyl adjacent to an activating group) is 1. The number of benzene rings is 1. The molecule has 1 unspecified atom stereocenters. The fourth-order valence-electron chi connectivity index (χ4n) is 3.46. The van der Waals surface area contributed by atoms with E-state index < -0.39 is 17.9 Å². The van der Waals surface area contributed by atoms with Gasteiger partial charge in [0.15, 0.2) is 6.04 Å². The van der Waals surface area contributed by atoms with Gasteiger partial charge in [-0.3, -0.25) is 14.4 Å². The Labute approximate surface area is 199 Å². The first-order valence-corrected chi connectivity index (χ1v) is 11.5.